The summed E-state index contributed by atoms with van der Waals surface area (Å²) >= 11 is 13.3. The molecule has 4 nitrogen and oxygen atoms in total. The van der Waals surface area contributed by atoms with Gasteiger partial charge in [-0.25, -0.2) is 13.1 Å². The summed E-state index contributed by atoms with van der Waals surface area (Å²) in [4.78, 5) is 13.2. The Morgan fingerprint density at radius 2 is 1.72 bits per heavy atom. The standard InChI is InChI=1S/C17H11Cl2NO3S2/c18-12-5-8-14(15(19)10-12)17(21)20-25(22,23)13-6-3-11(4-7-13)16-2-1-9-24-16/h1-10H,(H,20,21). The van der Waals surface area contributed by atoms with Gasteiger partial charge in [-0.15, -0.1) is 11.3 Å². The van der Waals surface area contributed by atoms with Gasteiger partial charge in [-0.05, 0) is 47.3 Å². The monoisotopic (exact) mass is 411 g/mol. The first-order valence-corrected chi connectivity index (χ1v) is 10.1. The number of rotatable bonds is 4. The second kappa shape index (κ2) is 7.17. The van der Waals surface area contributed by atoms with Crippen molar-refractivity contribution in [2.75, 3.05) is 0 Å². The maximum atomic E-state index is 12.4. The topological polar surface area (TPSA) is 63.2 Å². The minimum Gasteiger partial charge on any atom is -0.268 e. The number of hydrogen-bond donors (Lipinski definition) is 1. The van der Waals surface area contributed by atoms with Gasteiger partial charge in [0, 0.05) is 9.90 Å². The highest BCUT2D eigenvalue weighted by molar-refractivity contribution is 7.90. The Balaban J connectivity index is 1.83. The van der Waals surface area contributed by atoms with Gasteiger partial charge in [0.1, 0.15) is 0 Å². The lowest BCUT2D eigenvalue weighted by molar-refractivity contribution is 0.0981. The first kappa shape index (κ1) is 17.9. The fraction of sp³-hybridized carbons (Fsp3) is 0. The lowest BCUT2D eigenvalue weighted by Crippen LogP contribution is -2.30. The van der Waals surface area contributed by atoms with Gasteiger partial charge in [0.15, 0.2) is 0 Å². The normalized spacial score (nSPS) is 11.3. The van der Waals surface area contributed by atoms with Crippen LogP contribution in [0.5, 0.6) is 0 Å². The lowest BCUT2D eigenvalue weighted by atomic mass is 10.2. The van der Waals surface area contributed by atoms with Crippen molar-refractivity contribution in [1.82, 2.24) is 4.72 Å². The summed E-state index contributed by atoms with van der Waals surface area (Å²) in [6.07, 6.45) is 0. The molecular weight excluding hydrogens is 401 g/mol. The van der Waals surface area contributed by atoms with E-state index in [0.29, 0.717) is 5.02 Å². The molecule has 0 aliphatic heterocycles. The molecule has 0 saturated heterocycles. The third-order valence-corrected chi connectivity index (χ3v) is 6.19. The van der Waals surface area contributed by atoms with E-state index in [4.69, 9.17) is 23.2 Å². The van der Waals surface area contributed by atoms with E-state index in [0.717, 1.165) is 10.4 Å². The largest absolute Gasteiger partial charge is 0.268 e. The molecule has 3 rings (SSSR count). The van der Waals surface area contributed by atoms with Crippen LogP contribution in [0.25, 0.3) is 10.4 Å². The fourth-order valence-electron chi connectivity index (χ4n) is 2.15. The summed E-state index contributed by atoms with van der Waals surface area (Å²) in [6, 6.07) is 14.4. The average Bonchev–Trinajstić information content (AvgIpc) is 3.09. The molecule has 128 valence electrons. The van der Waals surface area contributed by atoms with Crippen LogP contribution in [0.1, 0.15) is 10.4 Å². The maximum Gasteiger partial charge on any atom is 0.266 e. The zero-order valence-electron chi connectivity index (χ0n) is 12.6. The van der Waals surface area contributed by atoms with Crippen molar-refractivity contribution in [1.29, 1.82) is 0 Å². The Kier molecular flexibility index (Phi) is 5.15. The molecule has 3 aromatic rings. The van der Waals surface area contributed by atoms with Crippen molar-refractivity contribution in [3.63, 3.8) is 0 Å². The molecule has 0 radical (unpaired) electrons. The van der Waals surface area contributed by atoms with Crippen LogP contribution in [0.15, 0.2) is 64.9 Å². The molecule has 8 heteroatoms. The smallest absolute Gasteiger partial charge is 0.266 e. The molecule has 0 aliphatic carbocycles. The lowest BCUT2D eigenvalue weighted by Gasteiger charge is -2.09. The maximum absolute atomic E-state index is 12.4. The second-order valence-electron chi connectivity index (χ2n) is 5.06. The van der Waals surface area contributed by atoms with Crippen molar-refractivity contribution in [3.8, 4) is 10.4 Å². The van der Waals surface area contributed by atoms with E-state index in [1.807, 2.05) is 22.2 Å². The van der Waals surface area contributed by atoms with Gasteiger partial charge < -0.3 is 0 Å². The molecule has 0 aliphatic rings. The fourth-order valence-corrected chi connectivity index (χ4v) is 4.34. The highest BCUT2D eigenvalue weighted by atomic mass is 35.5. The first-order valence-electron chi connectivity index (χ1n) is 7.03. The van der Waals surface area contributed by atoms with Gasteiger partial charge in [-0.1, -0.05) is 41.4 Å². The quantitative estimate of drug-likeness (QED) is 0.667. The van der Waals surface area contributed by atoms with E-state index >= 15 is 0 Å². The second-order valence-corrected chi connectivity index (χ2v) is 8.53. The average molecular weight is 412 g/mol. The summed E-state index contributed by atoms with van der Waals surface area (Å²) in [7, 11) is -4.01. The molecule has 0 atom stereocenters. The van der Waals surface area contributed by atoms with Crippen LogP contribution in [-0.4, -0.2) is 14.3 Å². The Morgan fingerprint density at radius 1 is 1.00 bits per heavy atom. The van der Waals surface area contributed by atoms with Crippen LogP contribution in [-0.2, 0) is 10.0 Å². The Morgan fingerprint density at radius 3 is 2.32 bits per heavy atom. The van der Waals surface area contributed by atoms with Crippen LogP contribution >= 0.6 is 34.5 Å². The minimum atomic E-state index is -4.01. The summed E-state index contributed by atoms with van der Waals surface area (Å²) in [6.45, 7) is 0. The third-order valence-electron chi connectivity index (χ3n) is 3.37. The first-order chi connectivity index (χ1) is 11.9. The Bertz CT molecular complexity index is 1010. The summed E-state index contributed by atoms with van der Waals surface area (Å²) < 4.78 is 26.8. The van der Waals surface area contributed by atoms with Crippen LogP contribution in [0.3, 0.4) is 0 Å². The van der Waals surface area contributed by atoms with E-state index in [2.05, 4.69) is 0 Å². The van der Waals surface area contributed by atoms with Crippen molar-refractivity contribution >= 4 is 50.5 Å². The predicted molar refractivity (Wildman–Crippen MR) is 101 cm³/mol. The highest BCUT2D eigenvalue weighted by Gasteiger charge is 2.20. The molecule has 0 fully saturated rings. The molecule has 1 N–H and O–H groups in total. The van der Waals surface area contributed by atoms with E-state index in [1.54, 1.807) is 23.5 Å². The molecule has 0 unspecified atom stereocenters. The number of amides is 1. The number of halogens is 2. The van der Waals surface area contributed by atoms with Crippen LogP contribution in [0, 0.1) is 0 Å². The van der Waals surface area contributed by atoms with Crippen LogP contribution in [0.2, 0.25) is 10.0 Å². The van der Waals surface area contributed by atoms with Crippen molar-refractivity contribution in [3.05, 3.63) is 75.6 Å². The predicted octanol–water partition coefficient (Wildman–Crippen LogP) is 4.84. The number of carbonyl (C=O) groups excluding carboxylic acids is 1. The van der Waals surface area contributed by atoms with E-state index < -0.39 is 15.9 Å². The minimum absolute atomic E-state index is 0.00811. The molecule has 1 heterocycles. The molecule has 0 bridgehead atoms. The van der Waals surface area contributed by atoms with Crippen LogP contribution in [0.4, 0.5) is 0 Å². The van der Waals surface area contributed by atoms with Crippen LogP contribution < -0.4 is 4.72 Å². The Labute approximate surface area is 159 Å². The SMILES string of the molecule is O=C(NS(=O)(=O)c1ccc(-c2cccs2)cc1)c1ccc(Cl)cc1Cl. The van der Waals surface area contributed by atoms with Crippen molar-refractivity contribution < 1.29 is 13.2 Å². The Hall–Kier alpha value is -1.86. The number of hydrogen-bond acceptors (Lipinski definition) is 4. The molecule has 25 heavy (non-hydrogen) atoms. The van der Waals surface area contributed by atoms with Gasteiger partial charge in [-0.2, -0.15) is 0 Å². The molecule has 0 spiro atoms. The number of nitrogens with one attached hydrogen (secondary N) is 1. The number of carbonyl (C=O) groups is 1. The summed E-state index contributed by atoms with van der Waals surface area (Å²) in [5, 5.41) is 2.37. The summed E-state index contributed by atoms with van der Waals surface area (Å²) in [5.41, 5.74) is 0.936. The number of sulfonamides is 1. The molecular formula is C17H11Cl2NO3S2. The van der Waals surface area contributed by atoms with Gasteiger partial charge in [0.2, 0.25) is 0 Å². The zero-order chi connectivity index (χ0) is 18.0. The van der Waals surface area contributed by atoms with Crippen molar-refractivity contribution in [2.24, 2.45) is 0 Å². The van der Waals surface area contributed by atoms with E-state index in [-0.39, 0.29) is 15.5 Å². The van der Waals surface area contributed by atoms with Gasteiger partial charge in [0.05, 0.1) is 15.5 Å². The van der Waals surface area contributed by atoms with Crippen molar-refractivity contribution in [2.45, 2.75) is 4.90 Å². The molecule has 1 aromatic heterocycles. The third kappa shape index (κ3) is 4.04. The summed E-state index contributed by atoms with van der Waals surface area (Å²) in [5.74, 6) is -0.816. The van der Waals surface area contributed by atoms with Gasteiger partial charge in [-0.3, -0.25) is 4.79 Å². The van der Waals surface area contributed by atoms with Gasteiger partial charge >= 0.3 is 0 Å². The van der Waals surface area contributed by atoms with E-state index in [9.17, 15) is 13.2 Å². The van der Waals surface area contributed by atoms with E-state index in [1.165, 1.54) is 30.3 Å². The van der Waals surface area contributed by atoms with Gasteiger partial charge in [0.25, 0.3) is 15.9 Å². The molecule has 2 aromatic carbocycles. The number of thiophene rings is 1. The zero-order valence-corrected chi connectivity index (χ0v) is 15.7. The number of benzene rings is 2. The highest BCUT2D eigenvalue weighted by Crippen LogP contribution is 2.26. The molecule has 0 saturated carbocycles. The molecule has 1 amide bonds.